The standard InChI is InChI=1S/C23H15N3O5S/c1-30-14-5-3-13(4-6-14)26-22(29)19(32-23(26)24)11-15-7-9-18(31-15)12-2-8-16-17(10-12)21(28)25-20(16)27/h2-11,24H,1H3,(H,25,27,28). The predicted molar refractivity (Wildman–Crippen MR) is 120 cm³/mol. The van der Waals surface area contributed by atoms with Crippen molar-refractivity contribution in [2.75, 3.05) is 12.0 Å². The molecule has 2 aromatic carbocycles. The van der Waals surface area contributed by atoms with Crippen molar-refractivity contribution >= 4 is 46.4 Å². The van der Waals surface area contributed by atoms with Gasteiger partial charge in [-0.2, -0.15) is 0 Å². The zero-order valence-corrected chi connectivity index (χ0v) is 17.5. The Hall–Kier alpha value is -4.11. The van der Waals surface area contributed by atoms with Crippen LogP contribution in [0.1, 0.15) is 26.5 Å². The molecule has 9 heteroatoms. The number of benzene rings is 2. The summed E-state index contributed by atoms with van der Waals surface area (Å²) >= 11 is 1.04. The molecule has 1 aromatic heterocycles. The van der Waals surface area contributed by atoms with E-state index in [1.807, 2.05) is 0 Å². The highest BCUT2D eigenvalue weighted by Crippen LogP contribution is 2.36. The third kappa shape index (κ3) is 3.28. The Labute approximate surface area is 186 Å². The number of hydrogen-bond donors (Lipinski definition) is 2. The zero-order valence-electron chi connectivity index (χ0n) is 16.7. The van der Waals surface area contributed by atoms with Gasteiger partial charge in [0.15, 0.2) is 5.17 Å². The highest BCUT2D eigenvalue weighted by molar-refractivity contribution is 8.19. The second-order valence-corrected chi connectivity index (χ2v) is 8.03. The van der Waals surface area contributed by atoms with Crippen LogP contribution in [0, 0.1) is 5.41 Å². The number of anilines is 1. The van der Waals surface area contributed by atoms with Crippen LogP contribution in [-0.2, 0) is 4.79 Å². The van der Waals surface area contributed by atoms with Crippen LogP contribution in [0.2, 0.25) is 0 Å². The van der Waals surface area contributed by atoms with Gasteiger partial charge in [0.05, 0.1) is 28.8 Å². The van der Waals surface area contributed by atoms with Crippen LogP contribution in [0.15, 0.2) is 63.9 Å². The summed E-state index contributed by atoms with van der Waals surface area (Å²) in [6, 6.07) is 15.2. The molecular weight excluding hydrogens is 430 g/mol. The van der Waals surface area contributed by atoms with Crippen molar-refractivity contribution in [3.8, 4) is 17.1 Å². The smallest absolute Gasteiger partial charge is 0.271 e. The number of nitrogens with zero attached hydrogens (tertiary/aromatic N) is 1. The van der Waals surface area contributed by atoms with E-state index in [0.717, 1.165) is 11.8 Å². The maximum Gasteiger partial charge on any atom is 0.271 e. The van der Waals surface area contributed by atoms with Crippen molar-refractivity contribution in [3.63, 3.8) is 0 Å². The van der Waals surface area contributed by atoms with E-state index >= 15 is 0 Å². The molecule has 1 saturated heterocycles. The molecule has 2 N–H and O–H groups in total. The number of imide groups is 1. The number of furan rings is 1. The van der Waals surface area contributed by atoms with Gasteiger partial charge in [-0.3, -0.25) is 30.0 Å². The summed E-state index contributed by atoms with van der Waals surface area (Å²) in [5.41, 5.74) is 1.84. The molecule has 1 fully saturated rings. The Bertz CT molecular complexity index is 1340. The number of thioether (sulfide) groups is 1. The van der Waals surface area contributed by atoms with Crippen molar-refractivity contribution in [1.82, 2.24) is 5.32 Å². The molecule has 2 aliphatic rings. The fraction of sp³-hybridized carbons (Fsp3) is 0.0435. The molecule has 3 aromatic rings. The van der Waals surface area contributed by atoms with E-state index < -0.39 is 11.8 Å². The van der Waals surface area contributed by atoms with Gasteiger partial charge in [0.2, 0.25) is 0 Å². The first-order chi connectivity index (χ1) is 15.4. The summed E-state index contributed by atoms with van der Waals surface area (Å²) in [6.07, 6.45) is 1.58. The van der Waals surface area contributed by atoms with Crippen LogP contribution in [0.3, 0.4) is 0 Å². The van der Waals surface area contributed by atoms with Gasteiger partial charge >= 0.3 is 0 Å². The minimum Gasteiger partial charge on any atom is -0.497 e. The van der Waals surface area contributed by atoms with E-state index in [1.165, 1.54) is 4.90 Å². The van der Waals surface area contributed by atoms with Gasteiger partial charge in [0.1, 0.15) is 17.3 Å². The summed E-state index contributed by atoms with van der Waals surface area (Å²) in [5, 5.41) is 10.6. The molecule has 8 nitrogen and oxygen atoms in total. The third-order valence-electron chi connectivity index (χ3n) is 5.07. The Morgan fingerprint density at radius 3 is 2.50 bits per heavy atom. The molecule has 0 bridgehead atoms. The monoisotopic (exact) mass is 445 g/mol. The first kappa shape index (κ1) is 19.8. The molecule has 0 aliphatic carbocycles. The molecule has 0 spiro atoms. The number of hydrogen-bond acceptors (Lipinski definition) is 7. The number of carbonyl (C=O) groups excluding carboxylic acids is 3. The van der Waals surface area contributed by atoms with Crippen molar-refractivity contribution in [1.29, 1.82) is 5.41 Å². The Balaban J connectivity index is 1.40. The number of nitrogens with one attached hydrogen (secondary N) is 2. The molecule has 0 radical (unpaired) electrons. The van der Waals surface area contributed by atoms with Gasteiger partial charge in [-0.05, 0) is 60.3 Å². The van der Waals surface area contributed by atoms with E-state index in [2.05, 4.69) is 5.32 Å². The fourth-order valence-electron chi connectivity index (χ4n) is 3.49. The van der Waals surface area contributed by atoms with Gasteiger partial charge in [-0.25, -0.2) is 0 Å². The molecule has 2 aliphatic heterocycles. The molecule has 3 amide bonds. The molecule has 0 unspecified atom stereocenters. The zero-order chi connectivity index (χ0) is 22.4. The Morgan fingerprint density at radius 2 is 1.75 bits per heavy atom. The normalized spacial score (nSPS) is 16.7. The molecule has 0 atom stereocenters. The highest BCUT2D eigenvalue weighted by atomic mass is 32.2. The average molecular weight is 445 g/mol. The van der Waals surface area contributed by atoms with Crippen LogP contribution >= 0.6 is 11.8 Å². The van der Waals surface area contributed by atoms with E-state index in [0.29, 0.717) is 44.6 Å². The molecule has 3 heterocycles. The van der Waals surface area contributed by atoms with E-state index in [4.69, 9.17) is 14.6 Å². The number of methoxy groups -OCH3 is 1. The SMILES string of the molecule is COc1ccc(N2C(=N)SC(=Cc3ccc(-c4ccc5c(c4)C(=O)NC5=O)o3)C2=O)cc1. The highest BCUT2D eigenvalue weighted by Gasteiger charge is 2.34. The number of fused-ring (bicyclic) bond motifs is 1. The van der Waals surface area contributed by atoms with Crippen LogP contribution < -0.4 is 15.0 Å². The lowest BCUT2D eigenvalue weighted by Crippen LogP contribution is -2.27. The van der Waals surface area contributed by atoms with Crippen LogP contribution in [-0.4, -0.2) is 30.0 Å². The number of carbonyl (C=O) groups is 3. The number of rotatable bonds is 4. The quantitative estimate of drug-likeness (QED) is 0.465. The summed E-state index contributed by atoms with van der Waals surface area (Å²) < 4.78 is 11.0. The molecular formula is C23H15N3O5S. The topological polar surface area (TPSA) is 113 Å². The van der Waals surface area contributed by atoms with Crippen molar-refractivity contribution < 1.29 is 23.5 Å². The summed E-state index contributed by atoms with van der Waals surface area (Å²) in [5.74, 6) is 0.404. The van der Waals surface area contributed by atoms with Gasteiger partial charge in [-0.15, -0.1) is 0 Å². The minimum absolute atomic E-state index is 0.0903. The fourth-order valence-corrected chi connectivity index (χ4v) is 4.33. The van der Waals surface area contributed by atoms with Crippen molar-refractivity contribution in [2.24, 2.45) is 0 Å². The number of ether oxygens (including phenoxy) is 1. The Kier molecular flexibility index (Phi) is 4.67. The van der Waals surface area contributed by atoms with Crippen molar-refractivity contribution in [2.45, 2.75) is 0 Å². The molecule has 5 rings (SSSR count). The molecule has 0 saturated carbocycles. The lowest BCUT2D eigenvalue weighted by molar-refractivity contribution is -0.113. The third-order valence-corrected chi connectivity index (χ3v) is 5.96. The van der Waals surface area contributed by atoms with Crippen molar-refractivity contribution in [3.05, 3.63) is 76.4 Å². The predicted octanol–water partition coefficient (Wildman–Crippen LogP) is 3.89. The average Bonchev–Trinajstić information content (AvgIpc) is 3.45. The maximum atomic E-state index is 12.9. The van der Waals surface area contributed by atoms with Crippen LogP contribution in [0.5, 0.6) is 5.75 Å². The van der Waals surface area contributed by atoms with Crippen LogP contribution in [0.4, 0.5) is 5.69 Å². The summed E-state index contributed by atoms with van der Waals surface area (Å²) in [4.78, 5) is 38.2. The maximum absolute atomic E-state index is 12.9. The Morgan fingerprint density at radius 1 is 1.00 bits per heavy atom. The van der Waals surface area contributed by atoms with Gasteiger partial charge < -0.3 is 9.15 Å². The second-order valence-electron chi connectivity index (χ2n) is 7.00. The van der Waals surface area contributed by atoms with E-state index in [9.17, 15) is 14.4 Å². The lowest BCUT2D eigenvalue weighted by atomic mass is 10.0. The second kappa shape index (κ2) is 7.54. The van der Waals surface area contributed by atoms with Gasteiger partial charge in [0.25, 0.3) is 17.7 Å². The first-order valence-corrected chi connectivity index (χ1v) is 10.3. The van der Waals surface area contributed by atoms with E-state index in [-0.39, 0.29) is 11.1 Å². The molecule has 32 heavy (non-hydrogen) atoms. The number of amides is 3. The largest absolute Gasteiger partial charge is 0.497 e. The first-order valence-electron chi connectivity index (χ1n) is 9.51. The van der Waals surface area contributed by atoms with Gasteiger partial charge in [-0.1, -0.05) is 6.07 Å². The number of amidine groups is 1. The minimum atomic E-state index is -0.439. The summed E-state index contributed by atoms with van der Waals surface area (Å²) in [7, 11) is 1.56. The van der Waals surface area contributed by atoms with Crippen LogP contribution in [0.25, 0.3) is 17.4 Å². The lowest BCUT2D eigenvalue weighted by Gasteiger charge is -2.14. The molecule has 158 valence electrons. The summed E-state index contributed by atoms with van der Waals surface area (Å²) in [6.45, 7) is 0. The van der Waals surface area contributed by atoms with Gasteiger partial charge in [0, 0.05) is 11.6 Å². The van der Waals surface area contributed by atoms with E-state index in [1.54, 1.807) is 67.8 Å².